The SMILES string of the molecule is CC.CN1CCc2cccc(Br)c2C1. The van der Waals surface area contributed by atoms with E-state index in [0.717, 1.165) is 6.54 Å². The van der Waals surface area contributed by atoms with Gasteiger partial charge in [-0.15, -0.1) is 0 Å². The molecule has 0 aromatic heterocycles. The summed E-state index contributed by atoms with van der Waals surface area (Å²) >= 11 is 3.58. The van der Waals surface area contributed by atoms with E-state index < -0.39 is 0 Å². The number of halogens is 1. The molecule has 14 heavy (non-hydrogen) atoms. The maximum absolute atomic E-state index is 3.58. The fraction of sp³-hybridized carbons (Fsp3) is 0.500. The van der Waals surface area contributed by atoms with Crippen LogP contribution in [0.4, 0.5) is 0 Å². The van der Waals surface area contributed by atoms with Crippen LogP contribution in [0.15, 0.2) is 22.7 Å². The van der Waals surface area contributed by atoms with E-state index in [1.165, 1.54) is 28.6 Å². The van der Waals surface area contributed by atoms with Crippen LogP contribution in [0.2, 0.25) is 0 Å². The smallest absolute Gasteiger partial charge is 0.0244 e. The van der Waals surface area contributed by atoms with E-state index in [4.69, 9.17) is 0 Å². The van der Waals surface area contributed by atoms with Gasteiger partial charge in [-0.1, -0.05) is 41.9 Å². The van der Waals surface area contributed by atoms with Crippen LogP contribution in [0.3, 0.4) is 0 Å². The Balaban J connectivity index is 0.000000461. The molecule has 1 aromatic rings. The summed E-state index contributed by atoms with van der Waals surface area (Å²) in [5.41, 5.74) is 2.97. The second kappa shape index (κ2) is 5.52. The largest absolute Gasteiger partial charge is 0.302 e. The van der Waals surface area contributed by atoms with Crippen molar-refractivity contribution in [3.8, 4) is 0 Å². The van der Waals surface area contributed by atoms with Gasteiger partial charge >= 0.3 is 0 Å². The molecule has 2 heteroatoms. The van der Waals surface area contributed by atoms with E-state index in [1.807, 2.05) is 13.8 Å². The van der Waals surface area contributed by atoms with Crippen LogP contribution in [-0.4, -0.2) is 18.5 Å². The van der Waals surface area contributed by atoms with Crippen LogP contribution in [-0.2, 0) is 13.0 Å². The maximum Gasteiger partial charge on any atom is 0.0244 e. The topological polar surface area (TPSA) is 3.24 Å². The Hall–Kier alpha value is -0.340. The summed E-state index contributed by atoms with van der Waals surface area (Å²) < 4.78 is 1.26. The predicted molar refractivity (Wildman–Crippen MR) is 65.5 cm³/mol. The number of rotatable bonds is 0. The molecule has 1 aliphatic rings. The number of hydrogen-bond acceptors (Lipinski definition) is 1. The average Bonchev–Trinajstić information content (AvgIpc) is 2.22. The number of hydrogen-bond donors (Lipinski definition) is 0. The number of likely N-dealkylation sites (N-methyl/N-ethyl adjacent to an activating group) is 1. The Morgan fingerprint density at radius 2 is 2.00 bits per heavy atom. The van der Waals surface area contributed by atoms with Crippen LogP contribution in [0.25, 0.3) is 0 Å². The van der Waals surface area contributed by atoms with Crippen LogP contribution in [0.1, 0.15) is 25.0 Å². The van der Waals surface area contributed by atoms with Gasteiger partial charge in [0.05, 0.1) is 0 Å². The zero-order valence-electron chi connectivity index (χ0n) is 9.18. The normalized spacial score (nSPS) is 15.4. The molecule has 0 fully saturated rings. The molecule has 0 saturated carbocycles. The highest BCUT2D eigenvalue weighted by Gasteiger charge is 2.14. The third-order valence-electron chi connectivity index (χ3n) is 2.41. The summed E-state index contributed by atoms with van der Waals surface area (Å²) in [5.74, 6) is 0. The quantitative estimate of drug-likeness (QED) is 0.687. The fourth-order valence-electron chi connectivity index (χ4n) is 1.67. The molecular weight excluding hydrogens is 238 g/mol. The van der Waals surface area contributed by atoms with Crippen molar-refractivity contribution in [1.29, 1.82) is 0 Å². The van der Waals surface area contributed by atoms with Crippen LogP contribution in [0.5, 0.6) is 0 Å². The maximum atomic E-state index is 3.58. The van der Waals surface area contributed by atoms with Crippen molar-refractivity contribution >= 4 is 15.9 Å². The monoisotopic (exact) mass is 255 g/mol. The second-order valence-electron chi connectivity index (χ2n) is 3.37. The minimum Gasteiger partial charge on any atom is -0.302 e. The standard InChI is InChI=1S/C10H12BrN.C2H6/c1-12-6-5-8-3-2-4-10(11)9(8)7-12;1-2/h2-4H,5-7H2,1H3;1-2H3. The van der Waals surface area contributed by atoms with Gasteiger partial charge in [0.25, 0.3) is 0 Å². The lowest BCUT2D eigenvalue weighted by Crippen LogP contribution is -2.26. The zero-order chi connectivity index (χ0) is 10.6. The lowest BCUT2D eigenvalue weighted by atomic mass is 10.0. The number of nitrogens with zero attached hydrogens (tertiary/aromatic N) is 1. The first-order valence-corrected chi connectivity index (χ1v) is 6.01. The van der Waals surface area contributed by atoms with Gasteiger partial charge in [-0.2, -0.15) is 0 Å². The molecule has 2 rings (SSSR count). The molecule has 1 aliphatic heterocycles. The first kappa shape index (κ1) is 11.7. The predicted octanol–water partition coefficient (Wildman–Crippen LogP) is 3.46. The average molecular weight is 256 g/mol. The highest BCUT2D eigenvalue weighted by atomic mass is 79.9. The molecule has 0 unspecified atom stereocenters. The van der Waals surface area contributed by atoms with E-state index in [0.29, 0.717) is 0 Å². The van der Waals surface area contributed by atoms with Gasteiger partial charge in [0.15, 0.2) is 0 Å². The molecule has 1 heterocycles. The lowest BCUT2D eigenvalue weighted by Gasteiger charge is -2.25. The highest BCUT2D eigenvalue weighted by molar-refractivity contribution is 9.10. The van der Waals surface area contributed by atoms with Crippen molar-refractivity contribution in [2.24, 2.45) is 0 Å². The summed E-state index contributed by atoms with van der Waals surface area (Å²) in [7, 11) is 2.17. The van der Waals surface area contributed by atoms with Crippen molar-refractivity contribution in [1.82, 2.24) is 4.90 Å². The second-order valence-corrected chi connectivity index (χ2v) is 4.22. The molecule has 0 atom stereocenters. The van der Waals surface area contributed by atoms with E-state index in [1.54, 1.807) is 0 Å². The van der Waals surface area contributed by atoms with Gasteiger partial charge in [0.1, 0.15) is 0 Å². The molecule has 0 N–H and O–H groups in total. The fourth-order valence-corrected chi connectivity index (χ4v) is 2.21. The zero-order valence-corrected chi connectivity index (χ0v) is 10.8. The number of fused-ring (bicyclic) bond motifs is 1. The molecule has 0 aliphatic carbocycles. The highest BCUT2D eigenvalue weighted by Crippen LogP contribution is 2.25. The van der Waals surface area contributed by atoms with Gasteiger partial charge in [0, 0.05) is 17.6 Å². The molecular formula is C12H18BrN. The molecule has 1 nitrogen and oxygen atoms in total. The van der Waals surface area contributed by atoms with Crippen molar-refractivity contribution in [3.63, 3.8) is 0 Å². The van der Waals surface area contributed by atoms with Crippen molar-refractivity contribution in [2.75, 3.05) is 13.6 Å². The minimum atomic E-state index is 1.08. The summed E-state index contributed by atoms with van der Waals surface area (Å²) in [4.78, 5) is 2.35. The van der Waals surface area contributed by atoms with Crippen LogP contribution in [0, 0.1) is 0 Å². The molecule has 0 radical (unpaired) electrons. The molecule has 0 saturated heterocycles. The Kier molecular flexibility index (Phi) is 4.63. The lowest BCUT2D eigenvalue weighted by molar-refractivity contribution is 0.312. The van der Waals surface area contributed by atoms with Gasteiger partial charge in [-0.25, -0.2) is 0 Å². The van der Waals surface area contributed by atoms with E-state index in [2.05, 4.69) is 46.1 Å². The summed E-state index contributed by atoms with van der Waals surface area (Å²) in [6.45, 7) is 6.26. The third-order valence-corrected chi connectivity index (χ3v) is 3.15. The van der Waals surface area contributed by atoms with E-state index in [-0.39, 0.29) is 0 Å². The third kappa shape index (κ3) is 2.58. The Labute approximate surface area is 95.2 Å². The Morgan fingerprint density at radius 3 is 2.71 bits per heavy atom. The van der Waals surface area contributed by atoms with Crippen molar-refractivity contribution in [2.45, 2.75) is 26.8 Å². The van der Waals surface area contributed by atoms with Gasteiger partial charge < -0.3 is 4.90 Å². The molecule has 78 valence electrons. The van der Waals surface area contributed by atoms with Crippen LogP contribution >= 0.6 is 15.9 Å². The first-order chi connectivity index (χ1) is 6.77. The van der Waals surface area contributed by atoms with E-state index in [9.17, 15) is 0 Å². The summed E-state index contributed by atoms with van der Waals surface area (Å²) in [6.07, 6.45) is 1.19. The van der Waals surface area contributed by atoms with Crippen molar-refractivity contribution < 1.29 is 0 Å². The van der Waals surface area contributed by atoms with Gasteiger partial charge in [-0.05, 0) is 30.7 Å². The minimum absolute atomic E-state index is 1.08. The van der Waals surface area contributed by atoms with Gasteiger partial charge in [0.2, 0.25) is 0 Å². The molecule has 1 aromatic carbocycles. The summed E-state index contributed by atoms with van der Waals surface area (Å²) in [5, 5.41) is 0. The Bertz CT molecular complexity index is 296. The molecule has 0 spiro atoms. The van der Waals surface area contributed by atoms with E-state index >= 15 is 0 Å². The molecule has 0 amide bonds. The van der Waals surface area contributed by atoms with Crippen molar-refractivity contribution in [3.05, 3.63) is 33.8 Å². The number of benzene rings is 1. The summed E-state index contributed by atoms with van der Waals surface area (Å²) in [6, 6.07) is 6.47. The van der Waals surface area contributed by atoms with Crippen LogP contribution < -0.4 is 0 Å². The van der Waals surface area contributed by atoms with Gasteiger partial charge in [-0.3, -0.25) is 0 Å². The Morgan fingerprint density at radius 1 is 1.29 bits per heavy atom. The molecule has 0 bridgehead atoms. The first-order valence-electron chi connectivity index (χ1n) is 5.22.